The molecule has 2 rings (SSSR count). The SMILES string of the molecule is CCOC(=O)c1cnc(SCC(=O)Nc2ccc(C)c(Cl)c2)[nH]1. The number of carbonyl (C=O) groups excluding carboxylic acids is 2. The van der Waals surface area contributed by atoms with Gasteiger partial charge in [0.25, 0.3) is 0 Å². The summed E-state index contributed by atoms with van der Waals surface area (Å²) in [6.07, 6.45) is 1.39. The van der Waals surface area contributed by atoms with E-state index in [9.17, 15) is 9.59 Å². The molecule has 0 atom stereocenters. The number of imidazole rings is 1. The molecule has 8 heteroatoms. The van der Waals surface area contributed by atoms with E-state index in [0.29, 0.717) is 22.5 Å². The Hall–Kier alpha value is -1.99. The summed E-state index contributed by atoms with van der Waals surface area (Å²) in [6, 6.07) is 5.32. The predicted octanol–water partition coefficient (Wildman–Crippen LogP) is 3.28. The van der Waals surface area contributed by atoms with Gasteiger partial charge >= 0.3 is 5.97 Å². The second-order valence-corrected chi connectivity index (χ2v) is 5.99. The number of ether oxygens (including phenoxy) is 1. The number of esters is 1. The van der Waals surface area contributed by atoms with Gasteiger partial charge in [0.2, 0.25) is 5.91 Å². The molecule has 0 saturated heterocycles. The molecule has 0 aliphatic heterocycles. The van der Waals surface area contributed by atoms with Gasteiger partial charge in [0.15, 0.2) is 5.16 Å². The van der Waals surface area contributed by atoms with Crippen LogP contribution in [0.5, 0.6) is 0 Å². The number of thioether (sulfide) groups is 1. The maximum absolute atomic E-state index is 11.9. The summed E-state index contributed by atoms with van der Waals surface area (Å²) in [6.45, 7) is 3.91. The molecule has 23 heavy (non-hydrogen) atoms. The quantitative estimate of drug-likeness (QED) is 0.615. The molecule has 1 aromatic carbocycles. The monoisotopic (exact) mass is 353 g/mol. The van der Waals surface area contributed by atoms with Crippen molar-refractivity contribution >= 4 is 40.9 Å². The average Bonchev–Trinajstić information content (AvgIpc) is 2.98. The first-order valence-electron chi connectivity index (χ1n) is 6.90. The van der Waals surface area contributed by atoms with E-state index in [0.717, 1.165) is 5.56 Å². The van der Waals surface area contributed by atoms with Crippen molar-refractivity contribution in [2.75, 3.05) is 17.7 Å². The number of hydrogen-bond donors (Lipinski definition) is 2. The van der Waals surface area contributed by atoms with E-state index < -0.39 is 5.97 Å². The third kappa shape index (κ3) is 5.01. The first-order chi connectivity index (χ1) is 11.0. The molecule has 122 valence electrons. The smallest absolute Gasteiger partial charge is 0.356 e. The Bertz CT molecular complexity index is 718. The molecule has 0 bridgehead atoms. The molecule has 0 unspecified atom stereocenters. The lowest BCUT2D eigenvalue weighted by atomic mass is 10.2. The number of H-pyrrole nitrogens is 1. The van der Waals surface area contributed by atoms with Crippen LogP contribution in [-0.4, -0.2) is 34.2 Å². The molecule has 0 radical (unpaired) electrons. The van der Waals surface area contributed by atoms with E-state index in [1.807, 2.05) is 13.0 Å². The van der Waals surface area contributed by atoms with Crippen molar-refractivity contribution < 1.29 is 14.3 Å². The fourth-order valence-corrected chi connectivity index (χ4v) is 2.52. The summed E-state index contributed by atoms with van der Waals surface area (Å²) in [5, 5.41) is 3.83. The van der Waals surface area contributed by atoms with E-state index in [4.69, 9.17) is 16.3 Å². The fraction of sp³-hybridized carbons (Fsp3) is 0.267. The van der Waals surface area contributed by atoms with Gasteiger partial charge in [0.05, 0.1) is 18.6 Å². The number of benzene rings is 1. The van der Waals surface area contributed by atoms with Crippen LogP contribution in [0.2, 0.25) is 5.02 Å². The van der Waals surface area contributed by atoms with Crippen LogP contribution in [0.15, 0.2) is 29.6 Å². The van der Waals surface area contributed by atoms with Gasteiger partial charge in [-0.2, -0.15) is 0 Å². The molecular weight excluding hydrogens is 338 g/mol. The molecular formula is C15H16ClN3O3S. The summed E-state index contributed by atoms with van der Waals surface area (Å²) in [5.74, 6) is -0.504. The van der Waals surface area contributed by atoms with Gasteiger partial charge in [-0.25, -0.2) is 9.78 Å². The van der Waals surface area contributed by atoms with Gasteiger partial charge in [-0.3, -0.25) is 4.79 Å². The number of halogens is 1. The Morgan fingerprint density at radius 2 is 2.22 bits per heavy atom. The Morgan fingerprint density at radius 1 is 1.43 bits per heavy atom. The van der Waals surface area contributed by atoms with Crippen LogP contribution in [0, 0.1) is 6.92 Å². The van der Waals surface area contributed by atoms with Crippen molar-refractivity contribution in [3.05, 3.63) is 40.7 Å². The van der Waals surface area contributed by atoms with E-state index in [-0.39, 0.29) is 17.4 Å². The molecule has 0 saturated carbocycles. The van der Waals surface area contributed by atoms with Crippen LogP contribution in [0.4, 0.5) is 5.69 Å². The zero-order chi connectivity index (χ0) is 16.8. The Labute approximate surface area is 143 Å². The molecule has 0 aliphatic carbocycles. The second-order valence-electron chi connectivity index (χ2n) is 4.62. The third-order valence-corrected chi connectivity index (χ3v) is 4.14. The number of nitrogens with one attached hydrogen (secondary N) is 2. The summed E-state index contributed by atoms with van der Waals surface area (Å²) >= 11 is 7.21. The van der Waals surface area contributed by atoms with E-state index >= 15 is 0 Å². The molecule has 6 nitrogen and oxygen atoms in total. The Balaban J connectivity index is 1.86. The second kappa shape index (κ2) is 8.03. The normalized spacial score (nSPS) is 10.4. The molecule has 2 N–H and O–H groups in total. The van der Waals surface area contributed by atoms with Crippen LogP contribution in [0.3, 0.4) is 0 Å². The fourth-order valence-electron chi connectivity index (χ4n) is 1.69. The number of anilines is 1. The Kier molecular flexibility index (Phi) is 6.06. The highest BCUT2D eigenvalue weighted by atomic mass is 35.5. The van der Waals surface area contributed by atoms with Crippen molar-refractivity contribution in [1.82, 2.24) is 9.97 Å². The van der Waals surface area contributed by atoms with E-state index in [1.54, 1.807) is 19.1 Å². The topological polar surface area (TPSA) is 84.1 Å². The minimum atomic E-state index is -0.467. The summed E-state index contributed by atoms with van der Waals surface area (Å²) in [7, 11) is 0. The van der Waals surface area contributed by atoms with Crippen molar-refractivity contribution in [2.24, 2.45) is 0 Å². The maximum atomic E-state index is 11.9. The predicted molar refractivity (Wildman–Crippen MR) is 90.1 cm³/mol. The summed E-state index contributed by atoms with van der Waals surface area (Å²) in [4.78, 5) is 30.3. The van der Waals surface area contributed by atoms with Crippen LogP contribution >= 0.6 is 23.4 Å². The highest BCUT2D eigenvalue weighted by molar-refractivity contribution is 7.99. The minimum Gasteiger partial charge on any atom is -0.461 e. The highest BCUT2D eigenvalue weighted by Crippen LogP contribution is 2.20. The zero-order valence-corrected chi connectivity index (χ0v) is 14.3. The third-order valence-electron chi connectivity index (χ3n) is 2.84. The van der Waals surface area contributed by atoms with Crippen molar-refractivity contribution in [3.63, 3.8) is 0 Å². The maximum Gasteiger partial charge on any atom is 0.356 e. The largest absolute Gasteiger partial charge is 0.461 e. The van der Waals surface area contributed by atoms with Gasteiger partial charge in [0, 0.05) is 10.7 Å². The standard InChI is InChI=1S/C15H16ClN3O3S/c1-3-22-14(21)12-7-17-15(19-12)23-8-13(20)18-10-5-4-9(2)11(16)6-10/h4-7H,3,8H2,1-2H3,(H,17,19)(H,18,20). The van der Waals surface area contributed by atoms with Gasteiger partial charge in [0.1, 0.15) is 5.69 Å². The molecule has 1 amide bonds. The molecule has 0 spiro atoms. The van der Waals surface area contributed by atoms with Gasteiger partial charge < -0.3 is 15.0 Å². The van der Waals surface area contributed by atoms with Crippen molar-refractivity contribution in [3.8, 4) is 0 Å². The van der Waals surface area contributed by atoms with Gasteiger partial charge in [-0.05, 0) is 31.5 Å². The number of nitrogens with zero attached hydrogens (tertiary/aromatic N) is 1. The lowest BCUT2D eigenvalue weighted by molar-refractivity contribution is -0.113. The first kappa shape index (κ1) is 17.4. The minimum absolute atomic E-state index is 0.154. The van der Waals surface area contributed by atoms with Gasteiger partial charge in [-0.1, -0.05) is 29.4 Å². The van der Waals surface area contributed by atoms with Gasteiger partial charge in [-0.15, -0.1) is 0 Å². The summed E-state index contributed by atoms with van der Waals surface area (Å²) in [5.41, 5.74) is 1.85. The number of rotatable bonds is 6. The van der Waals surface area contributed by atoms with Crippen molar-refractivity contribution in [1.29, 1.82) is 0 Å². The van der Waals surface area contributed by atoms with E-state index in [2.05, 4.69) is 15.3 Å². The average molecular weight is 354 g/mol. The summed E-state index contributed by atoms with van der Waals surface area (Å²) < 4.78 is 4.86. The number of carbonyl (C=O) groups is 2. The molecule has 1 aromatic heterocycles. The molecule has 2 aromatic rings. The van der Waals surface area contributed by atoms with Crippen molar-refractivity contribution in [2.45, 2.75) is 19.0 Å². The zero-order valence-electron chi connectivity index (χ0n) is 12.7. The number of aryl methyl sites for hydroxylation is 1. The number of amides is 1. The lowest BCUT2D eigenvalue weighted by Crippen LogP contribution is -2.14. The molecule has 0 aliphatic rings. The Morgan fingerprint density at radius 3 is 2.91 bits per heavy atom. The number of aromatic amines is 1. The number of aromatic nitrogens is 2. The molecule has 0 fully saturated rings. The highest BCUT2D eigenvalue weighted by Gasteiger charge is 2.12. The van der Waals surface area contributed by atoms with Crippen LogP contribution in [-0.2, 0) is 9.53 Å². The van der Waals surface area contributed by atoms with Crippen LogP contribution < -0.4 is 5.32 Å². The molecule has 1 heterocycles. The van der Waals surface area contributed by atoms with Crippen LogP contribution in [0.25, 0.3) is 0 Å². The van der Waals surface area contributed by atoms with E-state index in [1.165, 1.54) is 18.0 Å². The van der Waals surface area contributed by atoms with Crippen LogP contribution in [0.1, 0.15) is 23.0 Å². The first-order valence-corrected chi connectivity index (χ1v) is 8.27. The lowest BCUT2D eigenvalue weighted by Gasteiger charge is -2.06. The number of hydrogen-bond acceptors (Lipinski definition) is 5.